The average Bonchev–Trinajstić information content (AvgIpc) is 3.37. The molecular weight excluding hydrogens is 370 g/mol. The van der Waals surface area contributed by atoms with Gasteiger partial charge in [-0.1, -0.05) is 60.7 Å². The molecule has 0 fully saturated rings. The summed E-state index contributed by atoms with van der Waals surface area (Å²) in [6.45, 7) is 2.25. The Kier molecular flexibility index (Phi) is 4.32. The molecule has 4 aromatic rings. The van der Waals surface area contributed by atoms with Gasteiger partial charge in [0.1, 0.15) is 0 Å². The number of anilines is 1. The highest BCUT2D eigenvalue weighted by atomic mass is 16.3. The molecule has 0 saturated heterocycles. The molecule has 0 bridgehead atoms. The minimum atomic E-state index is -0.353. The molecule has 3 heteroatoms. The summed E-state index contributed by atoms with van der Waals surface area (Å²) in [5, 5.41) is 2.44. The fourth-order valence-electron chi connectivity index (χ4n) is 4.80. The molecule has 0 saturated carbocycles. The van der Waals surface area contributed by atoms with Gasteiger partial charge in [0.2, 0.25) is 5.78 Å². The molecule has 0 amide bonds. The van der Waals surface area contributed by atoms with Crippen molar-refractivity contribution in [2.75, 3.05) is 11.9 Å². The van der Waals surface area contributed by atoms with E-state index in [-0.39, 0.29) is 11.2 Å². The van der Waals surface area contributed by atoms with E-state index >= 15 is 0 Å². The Morgan fingerprint density at radius 2 is 1.73 bits per heavy atom. The number of fused-ring (bicyclic) bond motifs is 3. The van der Waals surface area contributed by atoms with Gasteiger partial charge in [-0.25, -0.2) is 0 Å². The number of carbonyl (C=O) groups is 1. The number of hydrogen-bond donors (Lipinski definition) is 0. The first-order valence-electron chi connectivity index (χ1n) is 10.2. The molecule has 148 valence electrons. The minimum Gasteiger partial charge on any atom is -0.461 e. The lowest BCUT2D eigenvalue weighted by molar-refractivity contribution is 0.102. The van der Waals surface area contributed by atoms with Crippen molar-refractivity contribution in [1.82, 2.24) is 0 Å². The molecule has 0 N–H and O–H groups in total. The van der Waals surface area contributed by atoms with Gasteiger partial charge in [-0.3, -0.25) is 4.79 Å². The molecule has 1 atom stereocenters. The van der Waals surface area contributed by atoms with E-state index in [2.05, 4.69) is 72.5 Å². The normalized spacial score (nSPS) is 19.4. The quantitative estimate of drug-likeness (QED) is 0.308. The van der Waals surface area contributed by atoms with Crippen LogP contribution in [-0.2, 0) is 11.8 Å². The summed E-state index contributed by atoms with van der Waals surface area (Å²) >= 11 is 0. The SMILES string of the molecule is CN1C(=CC(=O)c2ccco2)C(C)(Cc2ccccc2)c2c1ccc1ccccc21. The average molecular weight is 393 g/mol. The maximum Gasteiger partial charge on any atom is 0.222 e. The molecular formula is C27H23NO2. The molecule has 3 aromatic carbocycles. The van der Waals surface area contributed by atoms with Crippen molar-refractivity contribution in [2.45, 2.75) is 18.8 Å². The molecule has 2 heterocycles. The number of nitrogens with zero attached hydrogens (tertiary/aromatic N) is 1. The van der Waals surface area contributed by atoms with Crippen LogP contribution in [0, 0.1) is 0 Å². The minimum absolute atomic E-state index is 0.113. The topological polar surface area (TPSA) is 33.5 Å². The first-order chi connectivity index (χ1) is 14.6. The zero-order chi connectivity index (χ0) is 20.7. The van der Waals surface area contributed by atoms with Gasteiger partial charge in [0.15, 0.2) is 5.76 Å². The van der Waals surface area contributed by atoms with E-state index < -0.39 is 0 Å². The lowest BCUT2D eigenvalue weighted by Gasteiger charge is -2.29. The second-order valence-electron chi connectivity index (χ2n) is 8.11. The molecule has 1 aliphatic rings. The van der Waals surface area contributed by atoms with Gasteiger partial charge in [-0.2, -0.15) is 0 Å². The summed E-state index contributed by atoms with van der Waals surface area (Å²) < 4.78 is 5.36. The van der Waals surface area contributed by atoms with E-state index in [0.717, 1.165) is 17.8 Å². The number of allylic oxidation sites excluding steroid dienone is 2. The molecule has 5 rings (SSSR count). The van der Waals surface area contributed by atoms with Gasteiger partial charge in [0.05, 0.1) is 6.26 Å². The van der Waals surface area contributed by atoms with Gasteiger partial charge < -0.3 is 9.32 Å². The standard InChI is InChI=1S/C27H23NO2/c1-27(18-19-9-4-3-5-10-19)25(17-23(29)24-13-8-16-30-24)28(2)22-15-14-20-11-6-7-12-21(20)26(22)27/h3-17H,18H2,1-2H3. The van der Waals surface area contributed by atoms with E-state index in [1.807, 2.05) is 13.1 Å². The Bertz CT molecular complexity index is 1250. The Morgan fingerprint density at radius 1 is 0.967 bits per heavy atom. The van der Waals surface area contributed by atoms with Crippen LogP contribution in [0.25, 0.3) is 10.8 Å². The van der Waals surface area contributed by atoms with E-state index in [9.17, 15) is 4.79 Å². The highest BCUT2D eigenvalue weighted by Gasteiger charge is 2.44. The number of rotatable bonds is 4. The number of benzene rings is 3. The van der Waals surface area contributed by atoms with E-state index in [1.54, 1.807) is 18.2 Å². The molecule has 1 unspecified atom stereocenters. The Labute approximate surface area is 176 Å². The van der Waals surface area contributed by atoms with E-state index in [0.29, 0.717) is 5.76 Å². The molecule has 0 radical (unpaired) electrons. The molecule has 30 heavy (non-hydrogen) atoms. The van der Waals surface area contributed by atoms with Crippen molar-refractivity contribution in [1.29, 1.82) is 0 Å². The van der Waals surface area contributed by atoms with Crippen molar-refractivity contribution >= 4 is 22.2 Å². The van der Waals surface area contributed by atoms with Crippen LogP contribution in [-0.4, -0.2) is 12.8 Å². The first-order valence-corrected chi connectivity index (χ1v) is 10.2. The fourth-order valence-corrected chi connectivity index (χ4v) is 4.80. The van der Waals surface area contributed by atoms with Crippen LogP contribution in [0.15, 0.2) is 101 Å². The summed E-state index contributed by atoms with van der Waals surface area (Å²) in [5.74, 6) is 0.247. The third-order valence-electron chi connectivity index (χ3n) is 6.18. The van der Waals surface area contributed by atoms with Crippen LogP contribution >= 0.6 is 0 Å². The van der Waals surface area contributed by atoms with Crippen LogP contribution < -0.4 is 4.90 Å². The Balaban J connectivity index is 1.73. The molecule has 1 aliphatic heterocycles. The first kappa shape index (κ1) is 18.4. The van der Waals surface area contributed by atoms with Crippen molar-refractivity contribution in [3.8, 4) is 0 Å². The van der Waals surface area contributed by atoms with E-state index in [4.69, 9.17) is 4.42 Å². The number of likely N-dealkylation sites (N-methyl/N-ethyl adjacent to an activating group) is 1. The Hall–Kier alpha value is -3.59. The summed E-state index contributed by atoms with van der Waals surface area (Å²) in [6, 6.07) is 26.7. The van der Waals surface area contributed by atoms with Crippen molar-refractivity contribution in [3.63, 3.8) is 0 Å². The molecule has 0 spiro atoms. The lowest BCUT2D eigenvalue weighted by Crippen LogP contribution is -2.29. The summed E-state index contributed by atoms with van der Waals surface area (Å²) in [6.07, 6.45) is 4.09. The van der Waals surface area contributed by atoms with Crippen LogP contribution in [0.3, 0.4) is 0 Å². The zero-order valence-corrected chi connectivity index (χ0v) is 17.1. The molecule has 3 nitrogen and oxygen atoms in total. The van der Waals surface area contributed by atoms with Gasteiger partial charge in [0.25, 0.3) is 0 Å². The fraction of sp³-hybridized carbons (Fsp3) is 0.148. The van der Waals surface area contributed by atoms with Crippen molar-refractivity contribution in [2.24, 2.45) is 0 Å². The van der Waals surface area contributed by atoms with Crippen LogP contribution in [0.2, 0.25) is 0 Å². The van der Waals surface area contributed by atoms with E-state index in [1.165, 1.54) is 28.2 Å². The largest absolute Gasteiger partial charge is 0.461 e. The summed E-state index contributed by atoms with van der Waals surface area (Å²) in [5.41, 5.74) is 4.29. The van der Waals surface area contributed by atoms with Crippen molar-refractivity contribution in [3.05, 3.63) is 114 Å². The Morgan fingerprint density at radius 3 is 2.50 bits per heavy atom. The van der Waals surface area contributed by atoms with Gasteiger partial charge >= 0.3 is 0 Å². The van der Waals surface area contributed by atoms with Crippen LogP contribution in [0.4, 0.5) is 5.69 Å². The van der Waals surface area contributed by atoms with Gasteiger partial charge in [-0.05, 0) is 53.4 Å². The predicted molar refractivity (Wildman–Crippen MR) is 121 cm³/mol. The van der Waals surface area contributed by atoms with Gasteiger partial charge in [0, 0.05) is 29.9 Å². The second kappa shape index (κ2) is 7.03. The maximum atomic E-state index is 13.0. The number of hydrogen-bond acceptors (Lipinski definition) is 3. The molecule has 1 aromatic heterocycles. The second-order valence-corrected chi connectivity index (χ2v) is 8.11. The highest BCUT2D eigenvalue weighted by molar-refractivity contribution is 6.04. The smallest absolute Gasteiger partial charge is 0.222 e. The third kappa shape index (κ3) is 2.86. The lowest BCUT2D eigenvalue weighted by atomic mass is 9.74. The third-order valence-corrected chi connectivity index (χ3v) is 6.18. The van der Waals surface area contributed by atoms with Crippen molar-refractivity contribution < 1.29 is 9.21 Å². The predicted octanol–water partition coefficient (Wildman–Crippen LogP) is 6.15. The molecule has 0 aliphatic carbocycles. The number of ketones is 1. The van der Waals surface area contributed by atoms with Crippen LogP contribution in [0.5, 0.6) is 0 Å². The van der Waals surface area contributed by atoms with Gasteiger partial charge in [-0.15, -0.1) is 0 Å². The summed E-state index contributed by atoms with van der Waals surface area (Å²) in [4.78, 5) is 15.1. The van der Waals surface area contributed by atoms with Crippen LogP contribution in [0.1, 0.15) is 28.6 Å². The summed E-state index contributed by atoms with van der Waals surface area (Å²) in [7, 11) is 2.05. The number of carbonyl (C=O) groups excluding carboxylic acids is 1. The monoisotopic (exact) mass is 393 g/mol. The maximum absolute atomic E-state index is 13.0. The number of furan rings is 1. The zero-order valence-electron chi connectivity index (χ0n) is 17.1. The highest BCUT2D eigenvalue weighted by Crippen LogP contribution is 2.51.